The van der Waals surface area contributed by atoms with E-state index >= 15 is 0 Å². The largest absolute Gasteiger partial charge is 0.393 e. The molecule has 2 atom stereocenters. The summed E-state index contributed by atoms with van der Waals surface area (Å²) >= 11 is 0. The maximum Gasteiger partial charge on any atom is 0.191 e. The molecule has 0 amide bonds. The van der Waals surface area contributed by atoms with Crippen molar-refractivity contribution in [3.8, 4) is 0 Å². The van der Waals surface area contributed by atoms with E-state index in [-0.39, 0.29) is 30.1 Å². The Hall–Kier alpha value is -0.120. The van der Waals surface area contributed by atoms with Crippen LogP contribution in [0, 0.1) is 11.8 Å². The molecule has 2 fully saturated rings. The van der Waals surface area contributed by atoms with Crippen molar-refractivity contribution < 1.29 is 14.6 Å². The van der Waals surface area contributed by atoms with Crippen LogP contribution in [0.5, 0.6) is 0 Å². The molecule has 0 radical (unpaired) electrons. The van der Waals surface area contributed by atoms with Crippen molar-refractivity contribution in [2.45, 2.75) is 51.6 Å². The predicted octanol–water partition coefficient (Wildman–Crippen LogP) is 2.15. The molecule has 1 saturated carbocycles. The van der Waals surface area contributed by atoms with Crippen molar-refractivity contribution in [2.24, 2.45) is 16.8 Å². The molecule has 2 aliphatic rings. The molecule has 0 aromatic rings. The molecule has 3 N–H and O–H groups in total. The smallest absolute Gasteiger partial charge is 0.191 e. The average molecular weight is 469 g/mol. The number of nitrogens with one attached hydrogen (secondary N) is 2. The molecular weight excluding hydrogens is 433 g/mol. The fourth-order valence-electron chi connectivity index (χ4n) is 3.32. The average Bonchev–Trinajstić information content (AvgIpc) is 3.01. The molecule has 1 aliphatic carbocycles. The molecule has 148 valence electrons. The standard InChI is InChI=1S/C18H35N3O3.HI/c1-2-19-18(21-13-16-5-3-6-17(16)22)20-9-4-10-24-14-15-7-11-23-12-8-15;/h15-17,22H,2-14H2,1H3,(H2,19,20,21);1H. The molecule has 25 heavy (non-hydrogen) atoms. The van der Waals surface area contributed by atoms with Crippen LogP contribution in [-0.4, -0.2) is 63.2 Å². The Balaban J connectivity index is 0.00000312. The summed E-state index contributed by atoms with van der Waals surface area (Å²) < 4.78 is 11.1. The van der Waals surface area contributed by atoms with E-state index in [0.29, 0.717) is 18.4 Å². The second kappa shape index (κ2) is 14.0. The molecule has 2 rings (SSSR count). The topological polar surface area (TPSA) is 75.1 Å². The van der Waals surface area contributed by atoms with E-state index in [2.05, 4.69) is 22.5 Å². The number of nitrogens with zero attached hydrogens (tertiary/aromatic N) is 1. The summed E-state index contributed by atoms with van der Waals surface area (Å²) in [6, 6.07) is 0. The number of hydrogen-bond acceptors (Lipinski definition) is 4. The molecule has 6 nitrogen and oxygen atoms in total. The Labute approximate surface area is 169 Å². The third-order valence-electron chi connectivity index (χ3n) is 4.90. The third kappa shape index (κ3) is 9.40. The minimum atomic E-state index is -0.171. The molecule has 0 spiro atoms. The van der Waals surface area contributed by atoms with Gasteiger partial charge in [-0.05, 0) is 44.9 Å². The van der Waals surface area contributed by atoms with Crippen molar-refractivity contribution in [1.29, 1.82) is 0 Å². The Morgan fingerprint density at radius 3 is 2.68 bits per heavy atom. The fraction of sp³-hybridized carbons (Fsp3) is 0.944. The van der Waals surface area contributed by atoms with Crippen LogP contribution < -0.4 is 10.6 Å². The van der Waals surface area contributed by atoms with Gasteiger partial charge in [0.05, 0.1) is 6.10 Å². The molecule has 7 heteroatoms. The molecule has 2 unspecified atom stereocenters. The van der Waals surface area contributed by atoms with Crippen molar-refractivity contribution in [3.63, 3.8) is 0 Å². The van der Waals surface area contributed by atoms with Crippen LogP contribution in [0.1, 0.15) is 45.4 Å². The summed E-state index contributed by atoms with van der Waals surface area (Å²) in [4.78, 5) is 4.62. The number of aliphatic hydroxyl groups is 1. The second-order valence-electron chi connectivity index (χ2n) is 6.89. The monoisotopic (exact) mass is 469 g/mol. The van der Waals surface area contributed by atoms with Gasteiger partial charge in [-0.1, -0.05) is 6.42 Å². The summed E-state index contributed by atoms with van der Waals surface area (Å²) in [7, 11) is 0. The Kier molecular flexibility index (Phi) is 12.8. The van der Waals surface area contributed by atoms with Crippen molar-refractivity contribution in [3.05, 3.63) is 0 Å². The number of aliphatic hydroxyl groups excluding tert-OH is 1. The predicted molar refractivity (Wildman–Crippen MR) is 112 cm³/mol. The lowest BCUT2D eigenvalue weighted by molar-refractivity contribution is 0.0203. The first kappa shape index (κ1) is 22.9. The lowest BCUT2D eigenvalue weighted by Gasteiger charge is -2.21. The maximum atomic E-state index is 9.88. The van der Waals surface area contributed by atoms with Crippen molar-refractivity contribution >= 4 is 29.9 Å². The Morgan fingerprint density at radius 2 is 2.00 bits per heavy atom. The van der Waals surface area contributed by atoms with E-state index in [1.54, 1.807) is 0 Å². The number of halogens is 1. The SMILES string of the molecule is CCNC(=NCC1CCCC1O)NCCCOCC1CCOCC1.I. The first-order valence-electron chi connectivity index (χ1n) is 9.65. The van der Waals surface area contributed by atoms with Crippen molar-refractivity contribution in [1.82, 2.24) is 10.6 Å². The highest BCUT2D eigenvalue weighted by molar-refractivity contribution is 14.0. The first-order valence-corrected chi connectivity index (χ1v) is 9.65. The lowest BCUT2D eigenvalue weighted by atomic mass is 10.0. The number of ether oxygens (including phenoxy) is 2. The zero-order chi connectivity index (χ0) is 17.0. The third-order valence-corrected chi connectivity index (χ3v) is 4.90. The van der Waals surface area contributed by atoms with Gasteiger partial charge >= 0.3 is 0 Å². The van der Waals surface area contributed by atoms with Gasteiger partial charge in [0.25, 0.3) is 0 Å². The zero-order valence-corrected chi connectivity index (χ0v) is 17.9. The van der Waals surface area contributed by atoms with E-state index < -0.39 is 0 Å². The maximum absolute atomic E-state index is 9.88. The number of aliphatic imine (C=N–C) groups is 1. The highest BCUT2D eigenvalue weighted by Crippen LogP contribution is 2.25. The van der Waals surface area contributed by atoms with Crippen LogP contribution in [0.4, 0.5) is 0 Å². The van der Waals surface area contributed by atoms with Gasteiger partial charge in [-0.15, -0.1) is 24.0 Å². The Morgan fingerprint density at radius 1 is 1.20 bits per heavy atom. The normalized spacial score (nSPS) is 24.8. The molecule has 0 aromatic carbocycles. The van der Waals surface area contributed by atoms with Gasteiger partial charge in [-0.3, -0.25) is 4.99 Å². The minimum Gasteiger partial charge on any atom is -0.393 e. The minimum absolute atomic E-state index is 0. The van der Waals surface area contributed by atoms with E-state index in [9.17, 15) is 5.11 Å². The summed E-state index contributed by atoms with van der Waals surface area (Å²) in [6.45, 7) is 7.88. The molecule has 0 bridgehead atoms. The summed E-state index contributed by atoms with van der Waals surface area (Å²) in [5.41, 5.74) is 0. The van der Waals surface area contributed by atoms with Gasteiger partial charge in [-0.25, -0.2) is 0 Å². The first-order chi connectivity index (χ1) is 11.8. The number of hydrogen-bond donors (Lipinski definition) is 3. The van der Waals surface area contributed by atoms with E-state index in [4.69, 9.17) is 9.47 Å². The van der Waals surface area contributed by atoms with Crippen LogP contribution in [0.2, 0.25) is 0 Å². The molecule has 1 aliphatic heterocycles. The van der Waals surface area contributed by atoms with E-state index in [1.807, 2.05) is 0 Å². The summed E-state index contributed by atoms with van der Waals surface area (Å²) in [6.07, 6.45) is 6.19. The van der Waals surface area contributed by atoms with Crippen LogP contribution in [0.15, 0.2) is 4.99 Å². The highest BCUT2D eigenvalue weighted by atomic mass is 127. The van der Waals surface area contributed by atoms with Crippen LogP contribution in [0.3, 0.4) is 0 Å². The van der Waals surface area contributed by atoms with Gasteiger partial charge in [0.1, 0.15) is 0 Å². The van der Waals surface area contributed by atoms with Gasteiger partial charge in [0.15, 0.2) is 5.96 Å². The van der Waals surface area contributed by atoms with E-state index in [1.165, 1.54) is 0 Å². The van der Waals surface area contributed by atoms with Gasteiger partial charge in [0, 0.05) is 52.0 Å². The fourth-order valence-corrected chi connectivity index (χ4v) is 3.32. The quantitative estimate of drug-likeness (QED) is 0.209. The summed E-state index contributed by atoms with van der Waals surface area (Å²) in [5, 5.41) is 16.5. The molecular formula is C18H36IN3O3. The molecule has 1 heterocycles. The van der Waals surface area contributed by atoms with Gasteiger partial charge in [0.2, 0.25) is 0 Å². The lowest BCUT2D eigenvalue weighted by Crippen LogP contribution is -2.38. The van der Waals surface area contributed by atoms with E-state index in [0.717, 1.165) is 84.0 Å². The van der Waals surface area contributed by atoms with Crippen LogP contribution in [0.25, 0.3) is 0 Å². The number of guanidine groups is 1. The van der Waals surface area contributed by atoms with Crippen LogP contribution >= 0.6 is 24.0 Å². The van der Waals surface area contributed by atoms with Gasteiger partial charge < -0.3 is 25.2 Å². The molecule has 0 aromatic heterocycles. The highest BCUT2D eigenvalue weighted by Gasteiger charge is 2.24. The van der Waals surface area contributed by atoms with Gasteiger partial charge in [-0.2, -0.15) is 0 Å². The van der Waals surface area contributed by atoms with Crippen molar-refractivity contribution in [2.75, 3.05) is 46.1 Å². The molecule has 1 saturated heterocycles. The number of rotatable bonds is 9. The zero-order valence-electron chi connectivity index (χ0n) is 15.5. The Bertz CT molecular complexity index is 365. The van der Waals surface area contributed by atoms with Crippen LogP contribution in [-0.2, 0) is 9.47 Å². The second-order valence-corrected chi connectivity index (χ2v) is 6.89. The summed E-state index contributed by atoms with van der Waals surface area (Å²) in [5.74, 6) is 1.84.